The Morgan fingerprint density at radius 3 is 1.18 bits per heavy atom. The molecule has 0 aliphatic heterocycles. The van der Waals surface area contributed by atoms with Crippen LogP contribution < -0.4 is 5.11 Å². The first kappa shape index (κ1) is 18.7. The number of Topliss-reactive ketones (excluding diaryl/α,β-unsaturated/α-hetero) is 2. The van der Waals surface area contributed by atoms with Gasteiger partial charge in [0.2, 0.25) is 0 Å². The molecular weight excluding hydrogens is 235 g/mol. The van der Waals surface area contributed by atoms with Gasteiger partial charge in [0.05, 0.1) is 5.97 Å². The van der Waals surface area contributed by atoms with Crippen molar-refractivity contribution in [1.82, 2.24) is 0 Å². The Morgan fingerprint density at radius 2 is 1.18 bits per heavy atom. The molecule has 0 bridgehead atoms. The number of aliphatic carboxylic acids is 1. The van der Waals surface area contributed by atoms with Gasteiger partial charge < -0.3 is 9.90 Å². The zero-order valence-electron chi connectivity index (χ0n) is 11.4. The number of carboxylic acids is 1. The predicted molar refractivity (Wildman–Crippen MR) is 65.8 cm³/mol. The van der Waals surface area contributed by atoms with Crippen molar-refractivity contribution in [3.8, 4) is 0 Å². The van der Waals surface area contributed by atoms with Crippen LogP contribution in [0.3, 0.4) is 0 Å². The Morgan fingerprint density at radius 1 is 0.882 bits per heavy atom. The van der Waals surface area contributed by atoms with Crippen LogP contribution >= 0.6 is 0 Å². The van der Waals surface area contributed by atoms with Crippen molar-refractivity contribution in [3.05, 3.63) is 0 Å². The third-order valence-electron chi connectivity index (χ3n) is 1.82. The number of ketones is 2. The Bertz CT molecular complexity index is 232. The van der Waals surface area contributed by atoms with Crippen LogP contribution in [-0.4, -0.2) is 32.8 Å². The molecule has 0 aromatic carbocycles. The van der Waals surface area contributed by atoms with E-state index in [0.717, 1.165) is 23.4 Å². The van der Waals surface area contributed by atoms with E-state index in [1.165, 1.54) is 0 Å². The second-order valence-electron chi connectivity index (χ2n) is 4.65. The van der Waals surface area contributed by atoms with E-state index in [-0.39, 0.29) is 0 Å². The molecule has 0 radical (unpaired) electrons. The molecule has 0 amide bonds. The van der Waals surface area contributed by atoms with Gasteiger partial charge >= 0.3 is 52.5 Å². The van der Waals surface area contributed by atoms with Crippen molar-refractivity contribution in [1.29, 1.82) is 0 Å². The SMILES string of the molecule is CC(=O)C(C(C)=O)C(=O)[O-].C[CH](C)[Al+][CH](C)C. The molecule has 0 aliphatic carbocycles. The molecular formula is C12H21AlO4. The summed E-state index contributed by atoms with van der Waals surface area (Å²) in [7, 11) is 0. The van der Waals surface area contributed by atoms with Crippen LogP contribution in [0.1, 0.15) is 41.5 Å². The van der Waals surface area contributed by atoms with Crippen LogP contribution in [0.4, 0.5) is 0 Å². The number of rotatable bonds is 5. The second kappa shape index (κ2) is 9.38. The van der Waals surface area contributed by atoms with Crippen molar-refractivity contribution in [2.24, 2.45) is 5.92 Å². The molecule has 0 saturated carbocycles. The summed E-state index contributed by atoms with van der Waals surface area (Å²) in [5.74, 6) is -4.58. The summed E-state index contributed by atoms with van der Waals surface area (Å²) < 4.78 is 1.92. The molecule has 5 heteroatoms. The van der Waals surface area contributed by atoms with Crippen molar-refractivity contribution < 1.29 is 19.5 Å². The van der Waals surface area contributed by atoms with Crippen molar-refractivity contribution >= 4 is 32.8 Å². The monoisotopic (exact) mass is 256 g/mol. The van der Waals surface area contributed by atoms with Gasteiger partial charge in [-0.2, -0.15) is 0 Å². The third kappa shape index (κ3) is 11.6. The van der Waals surface area contributed by atoms with E-state index in [2.05, 4.69) is 27.7 Å². The van der Waals surface area contributed by atoms with Gasteiger partial charge in [0.1, 0.15) is 17.5 Å². The molecule has 0 heterocycles. The van der Waals surface area contributed by atoms with Gasteiger partial charge in [-0.15, -0.1) is 0 Å². The van der Waals surface area contributed by atoms with Crippen LogP contribution in [-0.2, 0) is 14.4 Å². The van der Waals surface area contributed by atoms with Crippen LogP contribution in [0.15, 0.2) is 0 Å². The normalized spacial score (nSPS) is 9.71. The molecule has 0 atom stereocenters. The zero-order valence-corrected chi connectivity index (χ0v) is 12.6. The van der Waals surface area contributed by atoms with Crippen molar-refractivity contribution in [3.63, 3.8) is 0 Å². The van der Waals surface area contributed by atoms with E-state index in [1.807, 2.05) is 0 Å². The van der Waals surface area contributed by atoms with Crippen LogP contribution in [0.25, 0.3) is 0 Å². The molecule has 96 valence electrons. The first-order valence-electron chi connectivity index (χ1n) is 5.66. The molecule has 4 nitrogen and oxygen atoms in total. The van der Waals surface area contributed by atoms with Gasteiger partial charge in [-0.3, -0.25) is 9.59 Å². The molecule has 0 rings (SSSR count). The minimum absolute atomic E-state index is 0.687. The summed E-state index contributed by atoms with van der Waals surface area (Å²) >= 11 is 0.713. The van der Waals surface area contributed by atoms with Crippen LogP contribution in [0, 0.1) is 5.92 Å². The molecule has 0 saturated heterocycles. The molecule has 0 aliphatic rings. The molecule has 0 spiro atoms. The van der Waals surface area contributed by atoms with Gasteiger partial charge in [-0.25, -0.2) is 0 Å². The van der Waals surface area contributed by atoms with E-state index in [1.54, 1.807) is 0 Å². The van der Waals surface area contributed by atoms with Gasteiger partial charge in [0, 0.05) is 0 Å². The van der Waals surface area contributed by atoms with Crippen molar-refractivity contribution in [2.45, 2.75) is 51.1 Å². The number of carboxylic acid groups (broad SMARTS) is 1. The standard InChI is InChI=1S/C6H8O4.2C3H7.Al/c1-3(7)5(4(2)8)6(9)10;2*1-3-2;/h5H,1-2H3,(H,9,10);2*3H,1-2H3;/q;;;+1/p-1. The van der Waals surface area contributed by atoms with Gasteiger partial charge in [0.25, 0.3) is 0 Å². The van der Waals surface area contributed by atoms with Gasteiger partial charge in [-0.1, -0.05) is 0 Å². The first-order valence-corrected chi connectivity index (χ1v) is 6.99. The molecule has 0 fully saturated rings. The first-order chi connectivity index (χ1) is 7.59. The summed E-state index contributed by atoms with van der Waals surface area (Å²) in [6.07, 6.45) is 0. The maximum absolute atomic E-state index is 10.4. The molecule has 0 aromatic rings. The van der Waals surface area contributed by atoms with E-state index in [9.17, 15) is 19.5 Å². The van der Waals surface area contributed by atoms with Crippen LogP contribution in [0.2, 0.25) is 9.56 Å². The molecule has 17 heavy (non-hydrogen) atoms. The van der Waals surface area contributed by atoms with Crippen molar-refractivity contribution in [2.75, 3.05) is 0 Å². The topological polar surface area (TPSA) is 74.3 Å². The third-order valence-corrected chi connectivity index (χ3v) is 3.36. The maximum atomic E-state index is 10.4. The van der Waals surface area contributed by atoms with Gasteiger partial charge in [0.15, 0.2) is 0 Å². The fourth-order valence-corrected chi connectivity index (χ4v) is 2.93. The Labute approximate surface area is 109 Å². The summed E-state index contributed by atoms with van der Waals surface area (Å²) in [5, 5.41) is 10.0. The molecule has 0 aromatic heterocycles. The molecule has 0 unspecified atom stereocenters. The van der Waals surface area contributed by atoms with Crippen LogP contribution in [0.5, 0.6) is 0 Å². The fraction of sp³-hybridized carbons (Fsp3) is 0.750. The summed E-state index contributed by atoms with van der Waals surface area (Å²) in [4.78, 5) is 30.8. The zero-order chi connectivity index (χ0) is 14.2. The van der Waals surface area contributed by atoms with E-state index < -0.39 is 23.5 Å². The predicted octanol–water partition coefficient (Wildman–Crippen LogP) is 0.878. The summed E-state index contributed by atoms with van der Waals surface area (Å²) in [5.41, 5.74) is 0. The number of carbonyl (C=O) groups excluding carboxylic acids is 3. The van der Waals surface area contributed by atoms with E-state index in [0.29, 0.717) is 15.2 Å². The Hall–Kier alpha value is -0.658. The average molecular weight is 256 g/mol. The quantitative estimate of drug-likeness (QED) is 0.540. The second-order valence-corrected chi connectivity index (χ2v) is 7.71. The van der Waals surface area contributed by atoms with E-state index >= 15 is 0 Å². The Kier molecular flexibility index (Phi) is 10.3. The average Bonchev–Trinajstić information content (AvgIpc) is 1.97. The summed E-state index contributed by atoms with van der Waals surface area (Å²) in [6, 6.07) is 0. The molecule has 0 N–H and O–H groups in total. The number of hydrogen-bond acceptors (Lipinski definition) is 4. The van der Waals surface area contributed by atoms with Gasteiger partial charge in [-0.05, 0) is 13.8 Å². The fourth-order valence-electron chi connectivity index (χ4n) is 1.39. The van der Waals surface area contributed by atoms with E-state index in [4.69, 9.17) is 0 Å². The Balaban J connectivity index is 0. The number of hydrogen-bond donors (Lipinski definition) is 0. The minimum atomic E-state index is -1.62. The number of carbonyl (C=O) groups is 3. The summed E-state index contributed by atoms with van der Waals surface area (Å²) in [6.45, 7) is 11.3.